The average Bonchev–Trinajstić information content (AvgIpc) is 2.89. The van der Waals surface area contributed by atoms with Crippen LogP contribution in [0.25, 0.3) is 0 Å². The van der Waals surface area contributed by atoms with E-state index in [1.165, 1.54) is 0 Å². The van der Waals surface area contributed by atoms with Gasteiger partial charge < -0.3 is 0 Å². The third-order valence-electron chi connectivity index (χ3n) is 2.92. The van der Waals surface area contributed by atoms with Gasteiger partial charge in [-0.05, 0) is 17.7 Å². The van der Waals surface area contributed by atoms with Crippen LogP contribution in [-0.2, 0) is 11.8 Å². The van der Waals surface area contributed by atoms with E-state index in [9.17, 15) is 0 Å². The molecule has 0 amide bonds. The zero-order valence-electron chi connectivity index (χ0n) is 9.57. The molecule has 2 aromatic rings. The Morgan fingerprint density at radius 3 is 2.56 bits per heavy atom. The molecule has 0 fully saturated rings. The van der Waals surface area contributed by atoms with Gasteiger partial charge in [-0.15, -0.1) is 34.5 Å². The van der Waals surface area contributed by atoms with E-state index < -0.39 is 0 Å². The van der Waals surface area contributed by atoms with Crippen LogP contribution in [0.2, 0.25) is 5.02 Å². The summed E-state index contributed by atoms with van der Waals surface area (Å²) in [5, 5.41) is 3.70. The molecule has 0 aliphatic carbocycles. The van der Waals surface area contributed by atoms with Crippen molar-refractivity contribution in [2.75, 3.05) is 11.8 Å². The summed E-state index contributed by atoms with van der Waals surface area (Å²) in [6.45, 7) is 0. The largest absolute Gasteiger partial charge is 0.250 e. The smallest absolute Gasteiger partial charge is 0.0934 e. The summed E-state index contributed by atoms with van der Waals surface area (Å²) >= 11 is 20.0. The van der Waals surface area contributed by atoms with Crippen molar-refractivity contribution in [3.63, 3.8) is 0 Å². The van der Waals surface area contributed by atoms with Crippen molar-refractivity contribution < 1.29 is 0 Å². The van der Waals surface area contributed by atoms with Crippen LogP contribution in [0, 0.1) is 0 Å². The number of hydrogen-bond acceptors (Lipinski definition) is 2. The minimum absolute atomic E-state index is 0.314. The van der Waals surface area contributed by atoms with Gasteiger partial charge in [0.25, 0.3) is 0 Å². The van der Waals surface area contributed by atoms with Crippen LogP contribution < -0.4 is 0 Å². The highest BCUT2D eigenvalue weighted by Gasteiger charge is 2.32. The predicted octanol–water partition coefficient (Wildman–Crippen LogP) is 4.75. The number of rotatable bonds is 5. The van der Waals surface area contributed by atoms with Crippen molar-refractivity contribution in [2.24, 2.45) is 0 Å². The van der Waals surface area contributed by atoms with Crippen LogP contribution in [0.3, 0.4) is 0 Å². The summed E-state index contributed by atoms with van der Waals surface area (Å²) in [4.78, 5) is 4.31. The van der Waals surface area contributed by atoms with Gasteiger partial charge in [0.15, 0.2) is 0 Å². The van der Waals surface area contributed by atoms with Crippen molar-refractivity contribution in [3.8, 4) is 0 Å². The maximum atomic E-state index is 6.18. The lowest BCUT2D eigenvalue weighted by atomic mass is 9.81. The average molecular weight is 321 g/mol. The van der Waals surface area contributed by atoms with E-state index in [2.05, 4.69) is 4.98 Å². The van der Waals surface area contributed by atoms with Gasteiger partial charge in [-0.3, -0.25) is 0 Å². The first-order valence-corrected chi connectivity index (χ1v) is 7.79. The molecule has 0 spiro atoms. The lowest BCUT2D eigenvalue weighted by molar-refractivity contribution is 0.535. The number of nitrogens with zero attached hydrogens (tertiary/aromatic N) is 1. The number of thiazole rings is 1. The fourth-order valence-corrected chi connectivity index (χ4v) is 3.57. The van der Waals surface area contributed by atoms with E-state index >= 15 is 0 Å². The first kappa shape index (κ1) is 14.1. The molecule has 1 aromatic heterocycles. The molecule has 0 aliphatic rings. The normalized spacial score (nSPS) is 11.7. The minimum Gasteiger partial charge on any atom is -0.250 e. The molecule has 0 aliphatic heterocycles. The highest BCUT2D eigenvalue weighted by atomic mass is 35.5. The predicted molar refractivity (Wildman–Crippen MR) is 80.4 cm³/mol. The van der Waals surface area contributed by atoms with Crippen molar-refractivity contribution in [3.05, 3.63) is 51.4 Å². The van der Waals surface area contributed by atoms with Crippen LogP contribution in [0.4, 0.5) is 0 Å². The molecule has 1 heterocycles. The third kappa shape index (κ3) is 3.00. The summed E-state index contributed by atoms with van der Waals surface area (Å²) in [6.07, 6.45) is 2.53. The Bertz CT molecular complexity index is 495. The number of benzene rings is 1. The first-order valence-electron chi connectivity index (χ1n) is 5.46. The summed E-state index contributed by atoms with van der Waals surface area (Å²) in [5.74, 6) is 0.882. The summed E-state index contributed by atoms with van der Waals surface area (Å²) in [5.41, 5.74) is 0.751. The molecule has 0 saturated heterocycles. The Kier molecular flexibility index (Phi) is 4.91. The lowest BCUT2D eigenvalue weighted by Crippen LogP contribution is -2.33. The highest BCUT2D eigenvalue weighted by molar-refractivity contribution is 7.09. The fourth-order valence-electron chi connectivity index (χ4n) is 1.83. The van der Waals surface area contributed by atoms with Gasteiger partial charge in [0.05, 0.1) is 5.01 Å². The van der Waals surface area contributed by atoms with E-state index in [1.54, 1.807) is 17.5 Å². The lowest BCUT2D eigenvalue weighted by Gasteiger charge is -2.29. The topological polar surface area (TPSA) is 12.9 Å². The molecular weight excluding hydrogens is 309 g/mol. The van der Waals surface area contributed by atoms with E-state index in [1.807, 2.05) is 29.6 Å². The highest BCUT2D eigenvalue weighted by Crippen LogP contribution is 2.33. The van der Waals surface area contributed by atoms with Gasteiger partial charge in [-0.2, -0.15) is 0 Å². The van der Waals surface area contributed by atoms with Gasteiger partial charge in [0.1, 0.15) is 0 Å². The minimum atomic E-state index is -0.314. The molecule has 0 N–H and O–H groups in total. The van der Waals surface area contributed by atoms with Crippen molar-refractivity contribution in [1.82, 2.24) is 4.98 Å². The SMILES string of the molecule is ClCC(CCl)(Cc1nccs1)c1cccc(Cl)c1. The molecule has 1 nitrogen and oxygen atoms in total. The molecule has 1 aromatic carbocycles. The second-order valence-corrected chi connectivity index (χ2v) is 6.11. The zero-order valence-corrected chi connectivity index (χ0v) is 12.7. The van der Waals surface area contributed by atoms with Gasteiger partial charge in [0, 0.05) is 40.2 Å². The van der Waals surface area contributed by atoms with E-state index in [0.29, 0.717) is 16.8 Å². The Balaban J connectivity index is 2.37. The van der Waals surface area contributed by atoms with Crippen LogP contribution >= 0.6 is 46.1 Å². The van der Waals surface area contributed by atoms with Crippen molar-refractivity contribution >= 4 is 46.1 Å². The van der Waals surface area contributed by atoms with Crippen LogP contribution in [0.5, 0.6) is 0 Å². The van der Waals surface area contributed by atoms with E-state index in [4.69, 9.17) is 34.8 Å². The summed E-state index contributed by atoms with van der Waals surface area (Å²) in [6, 6.07) is 7.72. The summed E-state index contributed by atoms with van der Waals surface area (Å²) in [7, 11) is 0. The van der Waals surface area contributed by atoms with Gasteiger partial charge in [-0.25, -0.2) is 4.98 Å². The van der Waals surface area contributed by atoms with E-state index in [0.717, 1.165) is 17.0 Å². The van der Waals surface area contributed by atoms with Crippen molar-refractivity contribution in [1.29, 1.82) is 0 Å². The number of halogens is 3. The number of alkyl halides is 2. The Labute approximate surface area is 126 Å². The number of aromatic nitrogens is 1. The van der Waals surface area contributed by atoms with Crippen LogP contribution in [-0.4, -0.2) is 16.7 Å². The molecule has 96 valence electrons. The maximum absolute atomic E-state index is 6.18. The molecular formula is C13H12Cl3NS. The molecule has 2 rings (SSSR count). The quantitative estimate of drug-likeness (QED) is 0.724. The molecule has 0 atom stereocenters. The molecule has 5 heteroatoms. The maximum Gasteiger partial charge on any atom is 0.0934 e. The third-order valence-corrected chi connectivity index (χ3v) is 4.96. The van der Waals surface area contributed by atoms with Gasteiger partial charge in [-0.1, -0.05) is 23.7 Å². The molecule has 0 unspecified atom stereocenters. The van der Waals surface area contributed by atoms with E-state index in [-0.39, 0.29) is 5.41 Å². The van der Waals surface area contributed by atoms with Crippen LogP contribution in [0.1, 0.15) is 10.6 Å². The van der Waals surface area contributed by atoms with Gasteiger partial charge in [0.2, 0.25) is 0 Å². The standard InChI is InChI=1S/C13H12Cl3NS/c14-8-13(9-15,7-12-17-4-5-18-12)10-2-1-3-11(16)6-10/h1-6H,7-9H2. The second-order valence-electron chi connectivity index (χ2n) is 4.16. The number of hydrogen-bond donors (Lipinski definition) is 0. The monoisotopic (exact) mass is 319 g/mol. The molecule has 0 bridgehead atoms. The second kappa shape index (κ2) is 6.25. The molecule has 0 saturated carbocycles. The first-order chi connectivity index (χ1) is 8.70. The zero-order chi connectivity index (χ0) is 13.0. The molecule has 0 radical (unpaired) electrons. The Hall–Kier alpha value is -0.280. The van der Waals surface area contributed by atoms with Crippen LogP contribution in [0.15, 0.2) is 35.8 Å². The van der Waals surface area contributed by atoms with Crippen molar-refractivity contribution in [2.45, 2.75) is 11.8 Å². The fraction of sp³-hybridized carbons (Fsp3) is 0.308. The Morgan fingerprint density at radius 2 is 2.00 bits per heavy atom. The van der Waals surface area contributed by atoms with Gasteiger partial charge >= 0.3 is 0 Å². The Morgan fingerprint density at radius 1 is 1.22 bits per heavy atom. The summed E-state index contributed by atoms with van der Waals surface area (Å²) < 4.78 is 0. The molecule has 18 heavy (non-hydrogen) atoms.